The van der Waals surface area contributed by atoms with Crippen molar-refractivity contribution in [1.82, 2.24) is 15.3 Å². The molecular weight excluding hydrogens is 314 g/mol. The Morgan fingerprint density at radius 1 is 1.24 bits per heavy atom. The molecule has 25 heavy (non-hydrogen) atoms. The van der Waals surface area contributed by atoms with Gasteiger partial charge in [-0.05, 0) is 49.9 Å². The van der Waals surface area contributed by atoms with E-state index in [9.17, 15) is 4.79 Å². The molecule has 5 nitrogen and oxygen atoms in total. The van der Waals surface area contributed by atoms with Gasteiger partial charge in [0.2, 0.25) is 0 Å². The van der Waals surface area contributed by atoms with Gasteiger partial charge in [0.1, 0.15) is 12.4 Å². The Bertz CT molecular complexity index is 667. The van der Waals surface area contributed by atoms with Crippen LogP contribution < -0.4 is 10.1 Å². The molecule has 1 aliphatic rings. The predicted octanol–water partition coefficient (Wildman–Crippen LogP) is 3.75. The number of nitrogens with zero attached hydrogens (tertiary/aromatic N) is 2. The molecule has 0 bridgehead atoms. The first-order valence-corrected chi connectivity index (χ1v) is 9.01. The van der Waals surface area contributed by atoms with E-state index < -0.39 is 0 Å². The fourth-order valence-corrected chi connectivity index (χ4v) is 3.28. The summed E-state index contributed by atoms with van der Waals surface area (Å²) in [4.78, 5) is 20.7. The Hall–Kier alpha value is -2.43. The van der Waals surface area contributed by atoms with Crippen LogP contribution in [0.5, 0.6) is 5.75 Å². The fraction of sp³-hybridized carbons (Fsp3) is 0.450. The minimum atomic E-state index is -0.0506. The van der Waals surface area contributed by atoms with Crippen molar-refractivity contribution in [3.63, 3.8) is 0 Å². The Balaban J connectivity index is 1.51. The highest BCUT2D eigenvalue weighted by Gasteiger charge is 2.21. The Kier molecular flexibility index (Phi) is 5.99. The highest BCUT2D eigenvalue weighted by atomic mass is 16.5. The van der Waals surface area contributed by atoms with E-state index in [-0.39, 0.29) is 11.9 Å². The molecule has 132 valence electrons. The number of pyridine rings is 2. The normalized spacial score (nSPS) is 16.2. The molecule has 2 heterocycles. The molecule has 0 radical (unpaired) electrons. The van der Waals surface area contributed by atoms with Crippen LogP contribution >= 0.6 is 0 Å². The molecule has 1 saturated carbocycles. The van der Waals surface area contributed by atoms with E-state index in [0.717, 1.165) is 5.69 Å². The maximum Gasteiger partial charge on any atom is 0.253 e. The smallest absolute Gasteiger partial charge is 0.253 e. The van der Waals surface area contributed by atoms with Crippen LogP contribution in [0.4, 0.5) is 0 Å². The number of rotatable bonds is 6. The van der Waals surface area contributed by atoms with Crippen molar-refractivity contribution in [2.45, 2.75) is 51.7 Å². The van der Waals surface area contributed by atoms with Gasteiger partial charge in [-0.1, -0.05) is 19.3 Å². The van der Waals surface area contributed by atoms with Gasteiger partial charge in [-0.15, -0.1) is 0 Å². The summed E-state index contributed by atoms with van der Waals surface area (Å²) in [6, 6.07) is 7.51. The van der Waals surface area contributed by atoms with Crippen molar-refractivity contribution < 1.29 is 9.53 Å². The zero-order valence-electron chi connectivity index (χ0n) is 14.6. The summed E-state index contributed by atoms with van der Waals surface area (Å²) in [5.41, 5.74) is 1.37. The molecule has 1 fully saturated rings. The molecule has 1 N–H and O–H groups in total. The molecule has 0 saturated heterocycles. The first-order valence-electron chi connectivity index (χ1n) is 9.01. The Morgan fingerprint density at radius 3 is 2.76 bits per heavy atom. The summed E-state index contributed by atoms with van der Waals surface area (Å²) in [5.74, 6) is 1.25. The van der Waals surface area contributed by atoms with Gasteiger partial charge >= 0.3 is 0 Å². The van der Waals surface area contributed by atoms with Crippen LogP contribution in [0, 0.1) is 5.92 Å². The van der Waals surface area contributed by atoms with Crippen molar-refractivity contribution in [3.05, 3.63) is 54.1 Å². The number of hydrogen-bond donors (Lipinski definition) is 1. The Morgan fingerprint density at radius 2 is 2.08 bits per heavy atom. The molecule has 0 aromatic carbocycles. The first-order chi connectivity index (χ1) is 12.2. The zero-order chi connectivity index (χ0) is 17.5. The van der Waals surface area contributed by atoms with Gasteiger partial charge in [0.15, 0.2) is 0 Å². The third-order valence-electron chi connectivity index (χ3n) is 4.82. The first kappa shape index (κ1) is 17.4. The van der Waals surface area contributed by atoms with Crippen LogP contribution in [-0.2, 0) is 6.61 Å². The molecule has 1 atom stereocenters. The summed E-state index contributed by atoms with van der Waals surface area (Å²) in [7, 11) is 0. The van der Waals surface area contributed by atoms with Crippen LogP contribution in [0.25, 0.3) is 0 Å². The monoisotopic (exact) mass is 339 g/mol. The maximum absolute atomic E-state index is 12.4. The van der Waals surface area contributed by atoms with Gasteiger partial charge < -0.3 is 10.1 Å². The van der Waals surface area contributed by atoms with Gasteiger partial charge in [0, 0.05) is 18.4 Å². The SMILES string of the molecule is C[C@@H](NC(=O)c1ccc(COc2cccnc2)nc1)C1CCCCC1. The molecule has 0 unspecified atom stereocenters. The zero-order valence-corrected chi connectivity index (χ0v) is 14.6. The second kappa shape index (κ2) is 8.60. The molecule has 2 aromatic heterocycles. The lowest BCUT2D eigenvalue weighted by Crippen LogP contribution is -2.38. The predicted molar refractivity (Wildman–Crippen MR) is 96.3 cm³/mol. The average Bonchev–Trinajstić information content (AvgIpc) is 2.68. The topological polar surface area (TPSA) is 64.1 Å². The Labute approximate surface area is 148 Å². The summed E-state index contributed by atoms with van der Waals surface area (Å²) in [6.45, 7) is 2.46. The second-order valence-electron chi connectivity index (χ2n) is 6.68. The number of amides is 1. The van der Waals surface area contributed by atoms with E-state index in [1.165, 1.54) is 32.1 Å². The van der Waals surface area contributed by atoms with E-state index in [2.05, 4.69) is 22.2 Å². The van der Waals surface area contributed by atoms with Gasteiger partial charge in [-0.2, -0.15) is 0 Å². The van der Waals surface area contributed by atoms with Crippen molar-refractivity contribution in [3.8, 4) is 5.75 Å². The highest BCUT2D eigenvalue weighted by molar-refractivity contribution is 5.94. The molecule has 3 rings (SSSR count). The van der Waals surface area contributed by atoms with E-state index >= 15 is 0 Å². The average molecular weight is 339 g/mol. The number of nitrogens with one attached hydrogen (secondary N) is 1. The van der Waals surface area contributed by atoms with E-state index in [4.69, 9.17) is 4.74 Å². The lowest BCUT2D eigenvalue weighted by Gasteiger charge is -2.28. The maximum atomic E-state index is 12.4. The lowest BCUT2D eigenvalue weighted by atomic mass is 9.84. The molecule has 0 aliphatic heterocycles. The number of ether oxygens (including phenoxy) is 1. The van der Waals surface area contributed by atoms with Gasteiger partial charge in [-0.3, -0.25) is 14.8 Å². The number of carbonyl (C=O) groups is 1. The third kappa shape index (κ3) is 5.02. The van der Waals surface area contributed by atoms with Crippen molar-refractivity contribution in [2.24, 2.45) is 5.92 Å². The van der Waals surface area contributed by atoms with Crippen molar-refractivity contribution in [1.29, 1.82) is 0 Å². The molecule has 2 aromatic rings. The van der Waals surface area contributed by atoms with Gasteiger partial charge in [0.25, 0.3) is 5.91 Å². The molecule has 0 spiro atoms. The third-order valence-corrected chi connectivity index (χ3v) is 4.82. The molecule has 1 aliphatic carbocycles. The minimum absolute atomic E-state index is 0.0506. The standard InChI is InChI=1S/C20H25N3O2/c1-15(16-6-3-2-4-7-16)23-20(24)17-9-10-18(22-12-17)14-25-19-8-5-11-21-13-19/h5,8-13,15-16H,2-4,6-7,14H2,1H3,(H,23,24)/t15-/m1/s1. The quantitative estimate of drug-likeness (QED) is 0.870. The summed E-state index contributed by atoms with van der Waals surface area (Å²) in [6.07, 6.45) is 11.3. The van der Waals surface area contributed by atoms with Crippen LogP contribution in [0.3, 0.4) is 0 Å². The van der Waals surface area contributed by atoms with Crippen LogP contribution in [0.1, 0.15) is 55.1 Å². The van der Waals surface area contributed by atoms with Crippen LogP contribution in [0.15, 0.2) is 42.9 Å². The number of carbonyl (C=O) groups excluding carboxylic acids is 1. The number of hydrogen-bond acceptors (Lipinski definition) is 4. The van der Waals surface area contributed by atoms with Crippen molar-refractivity contribution >= 4 is 5.91 Å². The summed E-state index contributed by atoms with van der Waals surface area (Å²) >= 11 is 0. The van der Waals surface area contributed by atoms with Crippen LogP contribution in [0.2, 0.25) is 0 Å². The molecular formula is C20H25N3O2. The van der Waals surface area contributed by atoms with E-state index in [0.29, 0.717) is 23.8 Å². The summed E-state index contributed by atoms with van der Waals surface area (Å²) < 4.78 is 5.61. The lowest BCUT2D eigenvalue weighted by molar-refractivity contribution is 0.0919. The fourth-order valence-electron chi connectivity index (χ4n) is 3.28. The highest BCUT2D eigenvalue weighted by Crippen LogP contribution is 2.26. The number of aromatic nitrogens is 2. The van der Waals surface area contributed by atoms with Crippen molar-refractivity contribution in [2.75, 3.05) is 0 Å². The van der Waals surface area contributed by atoms with Crippen LogP contribution in [-0.4, -0.2) is 21.9 Å². The second-order valence-corrected chi connectivity index (χ2v) is 6.68. The summed E-state index contributed by atoms with van der Waals surface area (Å²) in [5, 5.41) is 3.12. The largest absolute Gasteiger partial charge is 0.486 e. The van der Waals surface area contributed by atoms with E-state index in [1.807, 2.05) is 18.2 Å². The molecule has 1 amide bonds. The van der Waals surface area contributed by atoms with Gasteiger partial charge in [-0.25, -0.2) is 0 Å². The molecule has 5 heteroatoms. The van der Waals surface area contributed by atoms with E-state index in [1.54, 1.807) is 24.7 Å². The van der Waals surface area contributed by atoms with Gasteiger partial charge in [0.05, 0.1) is 17.5 Å². The minimum Gasteiger partial charge on any atom is -0.486 e.